The van der Waals surface area contributed by atoms with Gasteiger partial charge in [-0.3, -0.25) is 4.98 Å². The van der Waals surface area contributed by atoms with Gasteiger partial charge in [-0.15, -0.1) is 0 Å². The number of hydrogen-bond donors (Lipinski definition) is 1. The van der Waals surface area contributed by atoms with Crippen molar-refractivity contribution in [1.29, 1.82) is 0 Å². The number of ether oxygens (including phenoxy) is 1. The Kier molecular flexibility index (Phi) is 3.79. The molecule has 2 N–H and O–H groups in total. The van der Waals surface area contributed by atoms with Gasteiger partial charge in [0.15, 0.2) is 11.6 Å². The molecule has 0 aliphatic carbocycles. The van der Waals surface area contributed by atoms with Gasteiger partial charge in [0, 0.05) is 17.6 Å². The van der Waals surface area contributed by atoms with Gasteiger partial charge in [-0.05, 0) is 48.9 Å². The molecule has 0 saturated heterocycles. The van der Waals surface area contributed by atoms with Crippen LogP contribution in [-0.4, -0.2) is 11.5 Å². The van der Waals surface area contributed by atoms with E-state index in [2.05, 4.69) is 4.98 Å². The molecule has 1 aromatic heterocycles. The molecule has 2 aromatic carbocycles. The standard InChI is InChI=1S/C17H15FN2O/c18-15-10-12(7-8-19)3-6-17(15)21-14-5-4-13-2-1-9-20-16(13)11-14/h1-6,9-11H,7-8,19H2. The first kappa shape index (κ1) is 13.5. The van der Waals surface area contributed by atoms with E-state index in [0.29, 0.717) is 18.7 Å². The van der Waals surface area contributed by atoms with Gasteiger partial charge in [0.05, 0.1) is 5.52 Å². The van der Waals surface area contributed by atoms with E-state index >= 15 is 0 Å². The fourth-order valence-electron chi connectivity index (χ4n) is 2.19. The minimum Gasteiger partial charge on any atom is -0.454 e. The lowest BCUT2D eigenvalue weighted by molar-refractivity contribution is 0.442. The molecule has 0 aliphatic heterocycles. The number of hydrogen-bond acceptors (Lipinski definition) is 3. The topological polar surface area (TPSA) is 48.1 Å². The maximum absolute atomic E-state index is 14.0. The van der Waals surface area contributed by atoms with E-state index in [1.54, 1.807) is 24.4 Å². The van der Waals surface area contributed by atoms with Crippen molar-refractivity contribution in [3.63, 3.8) is 0 Å². The van der Waals surface area contributed by atoms with E-state index in [-0.39, 0.29) is 11.6 Å². The average Bonchev–Trinajstić information content (AvgIpc) is 2.50. The molecular formula is C17H15FN2O. The van der Waals surface area contributed by atoms with Crippen molar-refractivity contribution in [1.82, 2.24) is 4.98 Å². The molecule has 21 heavy (non-hydrogen) atoms. The molecule has 0 atom stereocenters. The van der Waals surface area contributed by atoms with E-state index in [0.717, 1.165) is 16.5 Å². The normalized spacial score (nSPS) is 10.8. The molecular weight excluding hydrogens is 267 g/mol. The zero-order chi connectivity index (χ0) is 14.7. The molecule has 3 rings (SSSR count). The maximum Gasteiger partial charge on any atom is 0.165 e. The Labute approximate surface area is 122 Å². The monoisotopic (exact) mass is 282 g/mol. The predicted octanol–water partition coefficient (Wildman–Crippen LogP) is 3.67. The van der Waals surface area contributed by atoms with Crippen LogP contribution in [0.2, 0.25) is 0 Å². The summed E-state index contributed by atoms with van der Waals surface area (Å²) in [4.78, 5) is 4.26. The summed E-state index contributed by atoms with van der Waals surface area (Å²) in [7, 11) is 0. The summed E-state index contributed by atoms with van der Waals surface area (Å²) < 4.78 is 19.6. The second-order valence-corrected chi connectivity index (χ2v) is 4.76. The lowest BCUT2D eigenvalue weighted by Crippen LogP contribution is -2.03. The van der Waals surface area contributed by atoms with E-state index in [1.165, 1.54) is 6.07 Å². The van der Waals surface area contributed by atoms with Crippen LogP contribution in [-0.2, 0) is 6.42 Å². The van der Waals surface area contributed by atoms with Crippen LogP contribution in [0, 0.1) is 5.82 Å². The van der Waals surface area contributed by atoms with E-state index in [4.69, 9.17) is 10.5 Å². The third-order valence-electron chi connectivity index (χ3n) is 3.23. The zero-order valence-electron chi connectivity index (χ0n) is 11.4. The third-order valence-corrected chi connectivity index (χ3v) is 3.23. The summed E-state index contributed by atoms with van der Waals surface area (Å²) in [6.45, 7) is 0.496. The molecule has 0 spiro atoms. The molecule has 1 heterocycles. The Morgan fingerprint density at radius 2 is 2.00 bits per heavy atom. The van der Waals surface area contributed by atoms with Crippen LogP contribution < -0.4 is 10.5 Å². The molecule has 0 radical (unpaired) electrons. The minimum atomic E-state index is -0.387. The second kappa shape index (κ2) is 5.89. The summed E-state index contributed by atoms with van der Waals surface area (Å²) in [5.41, 5.74) is 7.14. The highest BCUT2D eigenvalue weighted by atomic mass is 19.1. The van der Waals surface area contributed by atoms with Gasteiger partial charge >= 0.3 is 0 Å². The Balaban J connectivity index is 1.87. The Hall–Kier alpha value is -2.46. The number of nitrogens with zero attached hydrogens (tertiary/aromatic N) is 1. The summed E-state index contributed by atoms with van der Waals surface area (Å²) >= 11 is 0. The van der Waals surface area contributed by atoms with Crippen molar-refractivity contribution < 1.29 is 9.13 Å². The van der Waals surface area contributed by atoms with Gasteiger partial charge in [-0.2, -0.15) is 0 Å². The van der Waals surface area contributed by atoms with Crippen LogP contribution in [0.15, 0.2) is 54.7 Å². The maximum atomic E-state index is 14.0. The number of halogens is 1. The first-order valence-corrected chi connectivity index (χ1v) is 6.77. The average molecular weight is 282 g/mol. The number of pyridine rings is 1. The van der Waals surface area contributed by atoms with Gasteiger partial charge < -0.3 is 10.5 Å². The minimum absolute atomic E-state index is 0.200. The SMILES string of the molecule is NCCc1ccc(Oc2ccc3cccnc3c2)c(F)c1. The second-order valence-electron chi connectivity index (χ2n) is 4.76. The third kappa shape index (κ3) is 3.01. The van der Waals surface area contributed by atoms with Crippen LogP contribution in [0.4, 0.5) is 4.39 Å². The molecule has 0 amide bonds. The summed E-state index contributed by atoms with van der Waals surface area (Å²) in [5, 5.41) is 1.02. The lowest BCUT2D eigenvalue weighted by atomic mass is 10.1. The molecule has 0 fully saturated rings. The van der Waals surface area contributed by atoms with Crippen LogP contribution >= 0.6 is 0 Å². The van der Waals surface area contributed by atoms with Crippen LogP contribution in [0.25, 0.3) is 10.9 Å². The summed E-state index contributed by atoms with van der Waals surface area (Å²) in [6.07, 6.45) is 2.37. The van der Waals surface area contributed by atoms with Crippen molar-refractivity contribution in [2.45, 2.75) is 6.42 Å². The first-order valence-electron chi connectivity index (χ1n) is 6.77. The van der Waals surface area contributed by atoms with Gasteiger partial charge in [0.1, 0.15) is 5.75 Å². The van der Waals surface area contributed by atoms with Crippen LogP contribution in [0.5, 0.6) is 11.5 Å². The van der Waals surface area contributed by atoms with Gasteiger partial charge in [-0.25, -0.2) is 4.39 Å². The van der Waals surface area contributed by atoms with Gasteiger partial charge in [0.25, 0.3) is 0 Å². The fraction of sp³-hybridized carbons (Fsp3) is 0.118. The smallest absolute Gasteiger partial charge is 0.165 e. The lowest BCUT2D eigenvalue weighted by Gasteiger charge is -2.09. The molecule has 4 heteroatoms. The van der Waals surface area contributed by atoms with Crippen molar-refractivity contribution in [2.24, 2.45) is 5.73 Å². The fourth-order valence-corrected chi connectivity index (χ4v) is 2.19. The number of benzene rings is 2. The Bertz CT molecular complexity index is 774. The Morgan fingerprint density at radius 1 is 1.10 bits per heavy atom. The zero-order valence-corrected chi connectivity index (χ0v) is 11.4. The van der Waals surface area contributed by atoms with Crippen molar-refractivity contribution >= 4 is 10.9 Å². The number of aromatic nitrogens is 1. The molecule has 0 bridgehead atoms. The van der Waals surface area contributed by atoms with Crippen molar-refractivity contribution in [2.75, 3.05) is 6.54 Å². The number of fused-ring (bicyclic) bond motifs is 1. The van der Waals surface area contributed by atoms with E-state index in [9.17, 15) is 4.39 Å². The molecule has 3 nitrogen and oxygen atoms in total. The van der Waals surface area contributed by atoms with E-state index in [1.807, 2.05) is 24.3 Å². The van der Waals surface area contributed by atoms with E-state index < -0.39 is 0 Å². The van der Waals surface area contributed by atoms with Crippen LogP contribution in [0.3, 0.4) is 0 Å². The molecule has 0 unspecified atom stereocenters. The number of rotatable bonds is 4. The number of nitrogens with two attached hydrogens (primary N) is 1. The summed E-state index contributed by atoms with van der Waals surface area (Å²) in [5.74, 6) is 0.375. The molecule has 106 valence electrons. The highest BCUT2D eigenvalue weighted by molar-refractivity contribution is 5.79. The largest absolute Gasteiger partial charge is 0.454 e. The summed E-state index contributed by atoms with van der Waals surface area (Å²) in [6, 6.07) is 14.3. The quantitative estimate of drug-likeness (QED) is 0.794. The highest BCUT2D eigenvalue weighted by Gasteiger charge is 2.07. The molecule has 0 saturated carbocycles. The highest BCUT2D eigenvalue weighted by Crippen LogP contribution is 2.27. The van der Waals surface area contributed by atoms with Gasteiger partial charge in [-0.1, -0.05) is 12.1 Å². The molecule has 0 aliphatic rings. The predicted molar refractivity (Wildman–Crippen MR) is 81.0 cm³/mol. The van der Waals surface area contributed by atoms with Gasteiger partial charge in [0.2, 0.25) is 0 Å². The first-order chi connectivity index (χ1) is 10.3. The Morgan fingerprint density at radius 3 is 2.81 bits per heavy atom. The van der Waals surface area contributed by atoms with Crippen molar-refractivity contribution in [3.8, 4) is 11.5 Å². The van der Waals surface area contributed by atoms with Crippen LogP contribution in [0.1, 0.15) is 5.56 Å². The molecule has 3 aromatic rings. The van der Waals surface area contributed by atoms with Crippen molar-refractivity contribution in [3.05, 3.63) is 66.1 Å².